The van der Waals surface area contributed by atoms with Crippen LogP contribution in [-0.4, -0.2) is 66.1 Å². The third-order valence-electron chi connectivity index (χ3n) is 8.60. The molecule has 2 aliphatic carbocycles. The number of hydrogen-bond acceptors (Lipinski definition) is 8. The van der Waals surface area contributed by atoms with Gasteiger partial charge in [0.15, 0.2) is 0 Å². The van der Waals surface area contributed by atoms with Crippen molar-refractivity contribution in [1.82, 2.24) is 15.1 Å². The lowest BCUT2D eigenvalue weighted by molar-refractivity contribution is -0.151. The quantitative estimate of drug-likeness (QED) is 0.258. The number of hydrogen-bond donors (Lipinski definition) is 1. The minimum absolute atomic E-state index is 0.0674. The maximum absolute atomic E-state index is 12.9. The zero-order chi connectivity index (χ0) is 30.7. The first-order valence-corrected chi connectivity index (χ1v) is 16.0. The Hall–Kier alpha value is -4.08. The first-order chi connectivity index (χ1) is 21.4. The van der Waals surface area contributed by atoms with E-state index in [1.54, 1.807) is 29.2 Å². The third kappa shape index (κ3) is 8.97. The SMILES string of the molecule is CN(C(=O)CCCOc1ccc2c(c1)CN(CC(=O)OC1CCCCC1)C(NC(=O)Oc1ccccc1)=N2)C1CCCCC1. The van der Waals surface area contributed by atoms with Gasteiger partial charge in [-0.15, -0.1) is 0 Å². The minimum atomic E-state index is -0.701. The van der Waals surface area contributed by atoms with Crippen LogP contribution in [0.1, 0.15) is 82.6 Å². The predicted octanol–water partition coefficient (Wildman–Crippen LogP) is 6.10. The smallest absolute Gasteiger partial charge is 0.419 e. The van der Waals surface area contributed by atoms with E-state index in [-0.39, 0.29) is 30.5 Å². The lowest BCUT2D eigenvalue weighted by Gasteiger charge is -2.31. The molecule has 0 aromatic heterocycles. The van der Waals surface area contributed by atoms with E-state index in [2.05, 4.69) is 10.3 Å². The zero-order valence-corrected chi connectivity index (χ0v) is 25.7. The van der Waals surface area contributed by atoms with Crippen molar-refractivity contribution in [3.8, 4) is 11.5 Å². The second kappa shape index (κ2) is 15.6. The van der Waals surface area contributed by atoms with Gasteiger partial charge >= 0.3 is 12.1 Å². The van der Waals surface area contributed by atoms with Crippen LogP contribution in [0.15, 0.2) is 53.5 Å². The van der Waals surface area contributed by atoms with Crippen LogP contribution < -0.4 is 14.8 Å². The first kappa shape index (κ1) is 31.3. The lowest BCUT2D eigenvalue weighted by Crippen LogP contribution is -2.48. The summed E-state index contributed by atoms with van der Waals surface area (Å²) in [4.78, 5) is 46.6. The van der Waals surface area contributed by atoms with Crippen molar-refractivity contribution < 1.29 is 28.6 Å². The van der Waals surface area contributed by atoms with Gasteiger partial charge in [-0.25, -0.2) is 9.79 Å². The van der Waals surface area contributed by atoms with Gasteiger partial charge < -0.3 is 24.0 Å². The number of nitrogens with one attached hydrogen (secondary N) is 1. The molecule has 2 aromatic carbocycles. The number of amides is 2. The first-order valence-electron chi connectivity index (χ1n) is 16.0. The highest BCUT2D eigenvalue weighted by Crippen LogP contribution is 2.30. The summed E-state index contributed by atoms with van der Waals surface area (Å²) in [6.07, 6.45) is 11.2. The molecule has 2 saturated carbocycles. The fourth-order valence-corrected chi connectivity index (χ4v) is 6.13. The maximum atomic E-state index is 12.9. The molecule has 0 spiro atoms. The fraction of sp³-hybridized carbons (Fsp3) is 0.529. The van der Waals surface area contributed by atoms with E-state index < -0.39 is 6.09 Å². The molecule has 0 saturated heterocycles. The number of ether oxygens (including phenoxy) is 3. The maximum Gasteiger partial charge on any atom is 0.419 e. The van der Waals surface area contributed by atoms with Gasteiger partial charge in [0.2, 0.25) is 11.9 Å². The van der Waals surface area contributed by atoms with Gasteiger partial charge in [0.1, 0.15) is 24.1 Å². The number of carbonyl (C=O) groups excluding carboxylic acids is 3. The summed E-state index contributed by atoms with van der Waals surface area (Å²) in [5.41, 5.74) is 1.51. The molecule has 0 atom stereocenters. The number of carbonyl (C=O) groups is 3. The number of rotatable bonds is 10. The molecule has 0 bridgehead atoms. The predicted molar refractivity (Wildman–Crippen MR) is 167 cm³/mol. The Labute approximate surface area is 259 Å². The number of nitrogens with zero attached hydrogens (tertiary/aromatic N) is 3. The second-order valence-electron chi connectivity index (χ2n) is 11.9. The van der Waals surface area contributed by atoms with Crippen LogP contribution in [0.25, 0.3) is 0 Å². The number of esters is 1. The van der Waals surface area contributed by atoms with Crippen LogP contribution >= 0.6 is 0 Å². The summed E-state index contributed by atoms with van der Waals surface area (Å²) in [6, 6.07) is 14.7. The fourth-order valence-electron chi connectivity index (χ4n) is 6.13. The van der Waals surface area contributed by atoms with Gasteiger partial charge in [-0.05, 0) is 75.3 Å². The van der Waals surface area contributed by atoms with Gasteiger partial charge in [-0.2, -0.15) is 0 Å². The van der Waals surface area contributed by atoms with Crippen LogP contribution in [-0.2, 0) is 20.9 Å². The monoisotopic (exact) mass is 604 g/mol. The molecule has 236 valence electrons. The Balaban J connectivity index is 1.20. The van der Waals surface area contributed by atoms with Crippen molar-refractivity contribution in [2.45, 2.75) is 95.7 Å². The highest BCUT2D eigenvalue weighted by Gasteiger charge is 2.27. The molecule has 2 fully saturated rings. The molecule has 0 unspecified atom stereocenters. The number of benzene rings is 2. The van der Waals surface area contributed by atoms with Gasteiger partial charge in [0, 0.05) is 31.6 Å². The molecule has 1 N–H and O–H groups in total. The summed E-state index contributed by atoms with van der Waals surface area (Å²) in [5, 5.41) is 2.71. The Bertz CT molecular complexity index is 1300. The molecule has 10 heteroatoms. The van der Waals surface area contributed by atoms with Crippen molar-refractivity contribution in [2.24, 2.45) is 4.99 Å². The Morgan fingerprint density at radius 1 is 0.932 bits per heavy atom. The van der Waals surface area contributed by atoms with E-state index in [1.807, 2.05) is 36.2 Å². The normalized spacial score (nSPS) is 17.2. The number of fused-ring (bicyclic) bond motifs is 1. The van der Waals surface area contributed by atoms with Crippen LogP contribution in [0, 0.1) is 0 Å². The highest BCUT2D eigenvalue weighted by molar-refractivity contribution is 5.98. The van der Waals surface area contributed by atoms with Gasteiger partial charge in [-0.1, -0.05) is 43.9 Å². The van der Waals surface area contributed by atoms with E-state index in [1.165, 1.54) is 25.7 Å². The Morgan fingerprint density at radius 2 is 1.66 bits per heavy atom. The van der Waals surface area contributed by atoms with E-state index in [4.69, 9.17) is 14.2 Å². The molecule has 44 heavy (non-hydrogen) atoms. The number of guanidine groups is 1. The van der Waals surface area contributed by atoms with Crippen LogP contribution in [0.5, 0.6) is 11.5 Å². The average molecular weight is 605 g/mol. The Morgan fingerprint density at radius 3 is 2.41 bits per heavy atom. The topological polar surface area (TPSA) is 110 Å². The summed E-state index contributed by atoms with van der Waals surface area (Å²) in [7, 11) is 1.92. The van der Waals surface area contributed by atoms with Gasteiger partial charge in [0.25, 0.3) is 0 Å². The van der Waals surface area contributed by atoms with Crippen molar-refractivity contribution in [3.05, 3.63) is 54.1 Å². The van der Waals surface area contributed by atoms with Crippen molar-refractivity contribution in [3.63, 3.8) is 0 Å². The Kier molecular flexibility index (Phi) is 11.1. The molecular formula is C34H44N4O6. The third-order valence-corrected chi connectivity index (χ3v) is 8.60. The summed E-state index contributed by atoms with van der Waals surface area (Å²) in [6.45, 7) is 0.672. The summed E-state index contributed by atoms with van der Waals surface area (Å²) >= 11 is 0. The summed E-state index contributed by atoms with van der Waals surface area (Å²) in [5.74, 6) is 1.09. The number of aliphatic imine (C=N–C) groups is 1. The minimum Gasteiger partial charge on any atom is -0.494 e. The molecule has 3 aliphatic rings. The van der Waals surface area contributed by atoms with Crippen molar-refractivity contribution in [2.75, 3.05) is 20.2 Å². The van der Waals surface area contributed by atoms with Crippen LogP contribution in [0.4, 0.5) is 10.5 Å². The van der Waals surface area contributed by atoms with E-state index in [9.17, 15) is 14.4 Å². The van der Waals surface area contributed by atoms with Crippen molar-refractivity contribution in [1.29, 1.82) is 0 Å². The standard InChI is InChI=1S/C34H44N4O6/c1-37(26-12-5-2-6-13-26)31(39)18-11-21-42-29-19-20-30-25(22-29)23-38(24-32(40)43-27-14-7-3-8-15-27)33(35-30)36-34(41)44-28-16-9-4-10-17-28/h4,9-10,16-17,19-20,22,26-27H,2-3,5-8,11-15,18,21,23-24H2,1H3,(H,35,36,41). The molecule has 2 amide bonds. The van der Waals surface area contributed by atoms with E-state index in [0.29, 0.717) is 49.2 Å². The molecule has 5 rings (SSSR count). The van der Waals surface area contributed by atoms with E-state index >= 15 is 0 Å². The van der Waals surface area contributed by atoms with Gasteiger partial charge in [-0.3, -0.25) is 14.9 Å². The lowest BCUT2D eigenvalue weighted by atomic mass is 9.94. The second-order valence-corrected chi connectivity index (χ2v) is 11.9. The van der Waals surface area contributed by atoms with Crippen LogP contribution in [0.3, 0.4) is 0 Å². The molecular weight excluding hydrogens is 560 g/mol. The highest BCUT2D eigenvalue weighted by atomic mass is 16.6. The molecule has 10 nitrogen and oxygen atoms in total. The molecule has 1 heterocycles. The van der Waals surface area contributed by atoms with Crippen molar-refractivity contribution >= 4 is 29.6 Å². The molecule has 0 radical (unpaired) electrons. The number of para-hydroxylation sites is 1. The molecule has 2 aromatic rings. The largest absolute Gasteiger partial charge is 0.494 e. The van der Waals surface area contributed by atoms with Gasteiger partial charge in [0.05, 0.1) is 12.3 Å². The average Bonchev–Trinajstić information content (AvgIpc) is 3.04. The van der Waals surface area contributed by atoms with E-state index in [0.717, 1.165) is 44.1 Å². The zero-order valence-electron chi connectivity index (χ0n) is 25.7. The summed E-state index contributed by atoms with van der Waals surface area (Å²) < 4.78 is 17.2. The molecule has 1 aliphatic heterocycles. The van der Waals surface area contributed by atoms with Crippen LogP contribution in [0.2, 0.25) is 0 Å².